The van der Waals surface area contributed by atoms with Crippen LogP contribution in [0.5, 0.6) is 5.75 Å². The van der Waals surface area contributed by atoms with Gasteiger partial charge in [-0.25, -0.2) is 4.57 Å². The molecule has 0 saturated carbocycles. The standard InChI is InChI=1S/C26H31O4P/c1-25(2,3)20-12-7-10-18(16-20)22-14-9-15-23(30-31(27,28)29)24(22)19-11-8-13-21(17-19)26(4,5)6/h7-17H,1-6H3,(H2,27,28,29). The minimum Gasteiger partial charge on any atom is -0.404 e. The van der Waals surface area contributed by atoms with E-state index in [-0.39, 0.29) is 16.6 Å². The molecule has 3 aromatic carbocycles. The van der Waals surface area contributed by atoms with Crippen molar-refractivity contribution in [2.45, 2.75) is 52.4 Å². The molecule has 0 amide bonds. The van der Waals surface area contributed by atoms with E-state index in [2.05, 4.69) is 65.8 Å². The molecule has 0 bridgehead atoms. The highest BCUT2D eigenvalue weighted by molar-refractivity contribution is 7.46. The molecule has 5 heteroatoms. The molecule has 0 aliphatic heterocycles. The Labute approximate surface area is 185 Å². The van der Waals surface area contributed by atoms with E-state index in [4.69, 9.17) is 4.52 Å². The Balaban J connectivity index is 2.30. The van der Waals surface area contributed by atoms with Gasteiger partial charge >= 0.3 is 7.82 Å². The van der Waals surface area contributed by atoms with Crippen LogP contribution in [0, 0.1) is 0 Å². The number of phosphoric ester groups is 1. The molecule has 0 unspecified atom stereocenters. The average molecular weight is 439 g/mol. The normalized spacial score (nSPS) is 12.6. The summed E-state index contributed by atoms with van der Waals surface area (Å²) in [6.45, 7) is 12.9. The molecule has 31 heavy (non-hydrogen) atoms. The Morgan fingerprint density at radius 2 is 1.19 bits per heavy atom. The number of benzene rings is 3. The second-order valence-corrected chi connectivity index (χ2v) is 11.1. The molecule has 0 fully saturated rings. The van der Waals surface area contributed by atoms with Crippen molar-refractivity contribution in [3.05, 3.63) is 77.9 Å². The van der Waals surface area contributed by atoms with Crippen LogP contribution in [0.15, 0.2) is 66.7 Å². The Hall–Kier alpha value is -2.39. The average Bonchev–Trinajstić information content (AvgIpc) is 2.65. The van der Waals surface area contributed by atoms with Crippen molar-refractivity contribution in [2.24, 2.45) is 0 Å². The van der Waals surface area contributed by atoms with Gasteiger partial charge in [0.25, 0.3) is 0 Å². The van der Waals surface area contributed by atoms with Crippen molar-refractivity contribution >= 4 is 7.82 Å². The summed E-state index contributed by atoms with van der Waals surface area (Å²) in [5.74, 6) is 0.165. The van der Waals surface area contributed by atoms with Crippen molar-refractivity contribution in [2.75, 3.05) is 0 Å². The number of rotatable bonds is 4. The smallest absolute Gasteiger partial charge is 0.404 e. The van der Waals surface area contributed by atoms with Gasteiger partial charge in [0, 0.05) is 5.56 Å². The molecule has 0 saturated heterocycles. The number of hydrogen-bond donors (Lipinski definition) is 2. The highest BCUT2D eigenvalue weighted by Crippen LogP contribution is 2.46. The summed E-state index contributed by atoms with van der Waals surface area (Å²) < 4.78 is 16.9. The zero-order valence-electron chi connectivity index (χ0n) is 19.0. The zero-order valence-corrected chi connectivity index (χ0v) is 19.9. The highest BCUT2D eigenvalue weighted by atomic mass is 31.2. The molecule has 3 aromatic rings. The predicted molar refractivity (Wildman–Crippen MR) is 127 cm³/mol. The first-order valence-electron chi connectivity index (χ1n) is 10.4. The summed E-state index contributed by atoms with van der Waals surface area (Å²) in [6.07, 6.45) is 0. The molecule has 0 aliphatic rings. The molecule has 0 atom stereocenters. The van der Waals surface area contributed by atoms with E-state index in [1.165, 1.54) is 5.56 Å². The maximum atomic E-state index is 11.7. The fraction of sp³-hybridized carbons (Fsp3) is 0.308. The van der Waals surface area contributed by atoms with E-state index in [1.54, 1.807) is 12.1 Å². The zero-order chi connectivity index (χ0) is 23.0. The lowest BCUT2D eigenvalue weighted by molar-refractivity contribution is 0.283. The van der Waals surface area contributed by atoms with E-state index in [1.807, 2.05) is 30.3 Å². The van der Waals surface area contributed by atoms with Gasteiger partial charge in [0.15, 0.2) is 0 Å². The van der Waals surface area contributed by atoms with Crippen molar-refractivity contribution < 1.29 is 18.9 Å². The highest BCUT2D eigenvalue weighted by Gasteiger charge is 2.23. The third kappa shape index (κ3) is 5.65. The van der Waals surface area contributed by atoms with E-state index in [9.17, 15) is 14.4 Å². The maximum Gasteiger partial charge on any atom is 0.524 e. The molecule has 0 aromatic heterocycles. The number of phosphoric acid groups is 1. The van der Waals surface area contributed by atoms with Gasteiger partial charge in [0.1, 0.15) is 5.75 Å². The summed E-state index contributed by atoms with van der Waals surface area (Å²) in [5, 5.41) is 0. The SMILES string of the molecule is CC(C)(C)c1cccc(-c2cccc(OP(=O)(O)O)c2-c2cccc(C(C)(C)C)c2)c1. The first-order valence-corrected chi connectivity index (χ1v) is 11.9. The molecule has 2 N–H and O–H groups in total. The van der Waals surface area contributed by atoms with E-state index >= 15 is 0 Å². The summed E-state index contributed by atoms with van der Waals surface area (Å²) in [6, 6.07) is 21.7. The molecule has 3 rings (SSSR count). The summed E-state index contributed by atoms with van der Waals surface area (Å²) in [4.78, 5) is 19.1. The quantitative estimate of drug-likeness (QED) is 0.427. The second kappa shape index (κ2) is 8.27. The molecule has 0 radical (unpaired) electrons. The van der Waals surface area contributed by atoms with Crippen LogP contribution in [0.3, 0.4) is 0 Å². The largest absolute Gasteiger partial charge is 0.524 e. The van der Waals surface area contributed by atoms with Crippen LogP contribution in [-0.4, -0.2) is 9.79 Å². The topological polar surface area (TPSA) is 66.8 Å². The fourth-order valence-corrected chi connectivity index (χ4v) is 3.98. The first kappa shape index (κ1) is 23.3. The van der Waals surface area contributed by atoms with E-state index in [0.717, 1.165) is 22.3 Å². The molecular formula is C26H31O4P. The Kier molecular flexibility index (Phi) is 6.21. The maximum absolute atomic E-state index is 11.7. The van der Waals surface area contributed by atoms with Gasteiger partial charge in [-0.15, -0.1) is 0 Å². The minimum atomic E-state index is -4.73. The molecule has 0 aliphatic carbocycles. The third-order valence-corrected chi connectivity index (χ3v) is 5.73. The first-order chi connectivity index (χ1) is 14.3. The van der Waals surface area contributed by atoms with Crippen LogP contribution in [0.2, 0.25) is 0 Å². The molecular weight excluding hydrogens is 407 g/mol. The van der Waals surface area contributed by atoms with Crippen molar-refractivity contribution in [1.29, 1.82) is 0 Å². The Bertz CT molecular complexity index is 1130. The van der Waals surface area contributed by atoms with Crippen LogP contribution in [0.4, 0.5) is 0 Å². The van der Waals surface area contributed by atoms with Gasteiger partial charge in [-0.1, -0.05) is 102 Å². The molecule has 0 spiro atoms. The van der Waals surface area contributed by atoms with Gasteiger partial charge in [0.2, 0.25) is 0 Å². The Morgan fingerprint density at radius 1 is 0.710 bits per heavy atom. The van der Waals surface area contributed by atoms with E-state index in [0.29, 0.717) is 5.56 Å². The predicted octanol–water partition coefficient (Wildman–Crippen LogP) is 7.09. The van der Waals surface area contributed by atoms with Gasteiger partial charge in [0.05, 0.1) is 0 Å². The number of hydrogen-bond acceptors (Lipinski definition) is 2. The van der Waals surface area contributed by atoms with Gasteiger partial charge in [-0.2, -0.15) is 0 Å². The van der Waals surface area contributed by atoms with E-state index < -0.39 is 7.82 Å². The van der Waals surface area contributed by atoms with Crippen LogP contribution in [-0.2, 0) is 15.4 Å². The van der Waals surface area contributed by atoms with Crippen LogP contribution >= 0.6 is 7.82 Å². The van der Waals surface area contributed by atoms with Crippen LogP contribution in [0.25, 0.3) is 22.3 Å². The lowest BCUT2D eigenvalue weighted by Crippen LogP contribution is -2.11. The minimum absolute atomic E-state index is 0.0255. The van der Waals surface area contributed by atoms with Gasteiger partial charge in [-0.3, -0.25) is 9.79 Å². The molecule has 0 heterocycles. The molecule has 4 nitrogen and oxygen atoms in total. The third-order valence-electron chi connectivity index (χ3n) is 5.30. The van der Waals surface area contributed by atoms with Gasteiger partial charge in [-0.05, 0) is 44.7 Å². The Morgan fingerprint density at radius 3 is 1.71 bits per heavy atom. The lowest BCUT2D eigenvalue weighted by atomic mass is 9.83. The fourth-order valence-electron chi connectivity index (χ4n) is 3.57. The van der Waals surface area contributed by atoms with Crippen molar-refractivity contribution in [3.63, 3.8) is 0 Å². The van der Waals surface area contributed by atoms with Crippen molar-refractivity contribution in [1.82, 2.24) is 0 Å². The summed E-state index contributed by atoms with van der Waals surface area (Å²) >= 11 is 0. The monoisotopic (exact) mass is 438 g/mol. The summed E-state index contributed by atoms with van der Waals surface area (Å²) in [7, 11) is -4.73. The van der Waals surface area contributed by atoms with Crippen molar-refractivity contribution in [3.8, 4) is 28.0 Å². The van der Waals surface area contributed by atoms with Crippen LogP contribution in [0.1, 0.15) is 52.7 Å². The molecule has 164 valence electrons. The lowest BCUT2D eigenvalue weighted by Gasteiger charge is -2.23. The summed E-state index contributed by atoms with van der Waals surface area (Å²) in [5.41, 5.74) is 5.58. The van der Waals surface area contributed by atoms with Gasteiger partial charge < -0.3 is 4.52 Å². The second-order valence-electron chi connectivity index (χ2n) is 9.92. The van der Waals surface area contributed by atoms with Crippen LogP contribution < -0.4 is 4.52 Å².